The summed E-state index contributed by atoms with van der Waals surface area (Å²) < 4.78 is 11.3. The largest absolute Gasteiger partial charge is 0.488 e. The summed E-state index contributed by atoms with van der Waals surface area (Å²) in [7, 11) is 0. The molecule has 16 heavy (non-hydrogen) atoms. The van der Waals surface area contributed by atoms with Crippen molar-refractivity contribution in [1.29, 1.82) is 0 Å². The first-order valence-corrected chi connectivity index (χ1v) is 5.73. The predicted molar refractivity (Wildman–Crippen MR) is 62.9 cm³/mol. The van der Waals surface area contributed by atoms with Crippen molar-refractivity contribution >= 4 is 5.97 Å². The summed E-state index contributed by atoms with van der Waals surface area (Å²) in [5.41, 5.74) is 0.222. The minimum absolute atomic E-state index is 0.265. The van der Waals surface area contributed by atoms with E-state index in [4.69, 9.17) is 9.47 Å². The normalized spacial score (nSPS) is 26.4. The van der Waals surface area contributed by atoms with Gasteiger partial charge in [0, 0.05) is 6.92 Å². The Hall–Kier alpha value is -0.990. The number of esters is 1. The summed E-state index contributed by atoms with van der Waals surface area (Å²) in [6, 6.07) is 0. The van der Waals surface area contributed by atoms with Gasteiger partial charge < -0.3 is 9.47 Å². The van der Waals surface area contributed by atoms with Gasteiger partial charge in [0.05, 0.1) is 5.76 Å². The van der Waals surface area contributed by atoms with Gasteiger partial charge >= 0.3 is 5.97 Å². The molecular formula is C13H22O3. The first-order chi connectivity index (χ1) is 7.18. The van der Waals surface area contributed by atoms with Gasteiger partial charge in [0.15, 0.2) is 0 Å². The summed E-state index contributed by atoms with van der Waals surface area (Å²) in [5.74, 6) is 0.688. The zero-order valence-corrected chi connectivity index (χ0v) is 11.1. The van der Waals surface area contributed by atoms with E-state index in [2.05, 4.69) is 6.92 Å². The molecule has 1 heterocycles. The second-order valence-electron chi connectivity index (χ2n) is 5.27. The van der Waals surface area contributed by atoms with Gasteiger partial charge in [-0.1, -0.05) is 0 Å². The molecule has 1 atom stereocenters. The Morgan fingerprint density at radius 2 is 2.00 bits per heavy atom. The standard InChI is InChI=1S/C13H22O3/c1-9-7-8-13(6,15-10(9)2)12(4,5)16-11(3)14/h7-8H2,1-6H3. The lowest BCUT2D eigenvalue weighted by Crippen LogP contribution is -2.53. The lowest BCUT2D eigenvalue weighted by atomic mass is 9.80. The minimum atomic E-state index is -0.610. The van der Waals surface area contributed by atoms with Crippen molar-refractivity contribution in [3.05, 3.63) is 11.3 Å². The third-order valence-electron chi connectivity index (χ3n) is 3.63. The molecule has 0 saturated heterocycles. The van der Waals surface area contributed by atoms with E-state index in [1.165, 1.54) is 12.5 Å². The number of hydrogen-bond acceptors (Lipinski definition) is 3. The molecule has 3 heteroatoms. The van der Waals surface area contributed by atoms with Crippen molar-refractivity contribution in [1.82, 2.24) is 0 Å². The van der Waals surface area contributed by atoms with Crippen LogP contribution in [0.3, 0.4) is 0 Å². The molecule has 0 aromatic heterocycles. The molecule has 0 radical (unpaired) electrons. The lowest BCUT2D eigenvalue weighted by Gasteiger charge is -2.45. The second-order valence-corrected chi connectivity index (χ2v) is 5.27. The van der Waals surface area contributed by atoms with Crippen LogP contribution in [0.1, 0.15) is 54.4 Å². The quantitative estimate of drug-likeness (QED) is 0.678. The van der Waals surface area contributed by atoms with E-state index in [-0.39, 0.29) is 5.97 Å². The molecule has 92 valence electrons. The van der Waals surface area contributed by atoms with Crippen LogP contribution in [0.15, 0.2) is 11.3 Å². The molecule has 0 aromatic rings. The van der Waals surface area contributed by atoms with Crippen LogP contribution in [0.5, 0.6) is 0 Å². The zero-order valence-electron chi connectivity index (χ0n) is 11.1. The van der Waals surface area contributed by atoms with Gasteiger partial charge in [-0.2, -0.15) is 0 Å². The molecule has 0 bridgehead atoms. The van der Waals surface area contributed by atoms with Crippen LogP contribution < -0.4 is 0 Å². The Labute approximate surface area is 97.8 Å². The highest BCUT2D eigenvalue weighted by molar-refractivity contribution is 5.66. The molecule has 1 unspecified atom stereocenters. The number of allylic oxidation sites excluding steroid dienone is 2. The topological polar surface area (TPSA) is 35.5 Å². The van der Waals surface area contributed by atoms with E-state index >= 15 is 0 Å². The van der Waals surface area contributed by atoms with Gasteiger partial charge in [0.2, 0.25) is 0 Å². The monoisotopic (exact) mass is 226 g/mol. The molecule has 1 aliphatic rings. The molecular weight excluding hydrogens is 204 g/mol. The van der Waals surface area contributed by atoms with Gasteiger partial charge in [-0.25, -0.2) is 0 Å². The Balaban J connectivity index is 2.91. The smallest absolute Gasteiger partial charge is 0.303 e. The van der Waals surface area contributed by atoms with Gasteiger partial charge in [0.25, 0.3) is 0 Å². The van der Waals surface area contributed by atoms with Crippen LogP contribution in [-0.4, -0.2) is 17.2 Å². The predicted octanol–water partition coefficient (Wildman–Crippen LogP) is 3.19. The van der Waals surface area contributed by atoms with E-state index in [9.17, 15) is 4.79 Å². The zero-order chi connectivity index (χ0) is 12.6. The van der Waals surface area contributed by atoms with Crippen molar-refractivity contribution in [2.45, 2.75) is 65.6 Å². The van der Waals surface area contributed by atoms with E-state index in [0.29, 0.717) is 0 Å². The van der Waals surface area contributed by atoms with Crippen molar-refractivity contribution in [3.8, 4) is 0 Å². The maximum absolute atomic E-state index is 11.1. The van der Waals surface area contributed by atoms with Gasteiger partial charge in [-0.3, -0.25) is 4.79 Å². The van der Waals surface area contributed by atoms with Gasteiger partial charge in [-0.15, -0.1) is 0 Å². The molecule has 0 aromatic carbocycles. The Bertz CT molecular complexity index is 328. The highest BCUT2D eigenvalue weighted by Crippen LogP contribution is 2.40. The van der Waals surface area contributed by atoms with Crippen LogP contribution in [0, 0.1) is 0 Å². The van der Waals surface area contributed by atoms with E-state index in [1.807, 2.05) is 27.7 Å². The fraction of sp³-hybridized carbons (Fsp3) is 0.769. The Kier molecular flexibility index (Phi) is 3.36. The van der Waals surface area contributed by atoms with Gasteiger partial charge in [-0.05, 0) is 53.0 Å². The molecule has 0 amide bonds. The molecule has 1 aliphatic heterocycles. The van der Waals surface area contributed by atoms with Gasteiger partial charge in [0.1, 0.15) is 11.2 Å². The SMILES string of the molecule is CC(=O)OC(C)(C)C1(C)CCC(C)=C(C)O1. The fourth-order valence-corrected chi connectivity index (χ4v) is 1.97. The van der Waals surface area contributed by atoms with E-state index < -0.39 is 11.2 Å². The molecule has 3 nitrogen and oxygen atoms in total. The van der Waals surface area contributed by atoms with Crippen LogP contribution in [-0.2, 0) is 14.3 Å². The summed E-state index contributed by atoms with van der Waals surface area (Å²) in [4.78, 5) is 11.1. The Morgan fingerprint density at radius 3 is 2.44 bits per heavy atom. The maximum Gasteiger partial charge on any atom is 0.303 e. The third kappa shape index (κ3) is 2.39. The molecule has 0 aliphatic carbocycles. The van der Waals surface area contributed by atoms with Crippen LogP contribution in [0.25, 0.3) is 0 Å². The summed E-state index contributed by atoms with van der Waals surface area (Å²) >= 11 is 0. The number of hydrogen-bond donors (Lipinski definition) is 0. The van der Waals surface area contributed by atoms with Crippen molar-refractivity contribution in [2.24, 2.45) is 0 Å². The van der Waals surface area contributed by atoms with Crippen molar-refractivity contribution in [2.75, 3.05) is 0 Å². The summed E-state index contributed by atoms with van der Waals surface area (Å²) in [6.45, 7) is 11.3. The number of ether oxygens (including phenoxy) is 2. The number of carbonyl (C=O) groups is 1. The van der Waals surface area contributed by atoms with Crippen LogP contribution in [0.4, 0.5) is 0 Å². The molecule has 0 N–H and O–H groups in total. The fourth-order valence-electron chi connectivity index (χ4n) is 1.97. The van der Waals surface area contributed by atoms with E-state index in [1.54, 1.807) is 0 Å². The van der Waals surface area contributed by atoms with E-state index in [0.717, 1.165) is 18.6 Å². The highest BCUT2D eigenvalue weighted by atomic mass is 16.6. The average molecular weight is 226 g/mol. The van der Waals surface area contributed by atoms with Crippen LogP contribution in [0.2, 0.25) is 0 Å². The number of rotatable bonds is 2. The first kappa shape index (κ1) is 13.1. The number of carbonyl (C=O) groups excluding carboxylic acids is 1. The maximum atomic E-state index is 11.1. The molecule has 0 spiro atoms. The highest BCUT2D eigenvalue weighted by Gasteiger charge is 2.47. The molecule has 0 fully saturated rings. The summed E-state index contributed by atoms with van der Waals surface area (Å²) in [6.07, 6.45) is 1.86. The Morgan fingerprint density at radius 1 is 1.44 bits per heavy atom. The van der Waals surface area contributed by atoms with Crippen LogP contribution >= 0.6 is 0 Å². The molecule has 1 rings (SSSR count). The lowest BCUT2D eigenvalue weighted by molar-refractivity contribution is -0.189. The summed E-state index contributed by atoms with van der Waals surface area (Å²) in [5, 5.41) is 0. The average Bonchev–Trinajstić information content (AvgIpc) is 2.09. The first-order valence-electron chi connectivity index (χ1n) is 5.73. The van der Waals surface area contributed by atoms with Crippen molar-refractivity contribution in [3.63, 3.8) is 0 Å². The third-order valence-corrected chi connectivity index (χ3v) is 3.63. The minimum Gasteiger partial charge on any atom is -0.488 e. The molecule has 0 saturated carbocycles. The second kappa shape index (κ2) is 4.11. The van der Waals surface area contributed by atoms with Crippen molar-refractivity contribution < 1.29 is 14.3 Å².